The van der Waals surface area contributed by atoms with E-state index in [-0.39, 0.29) is 11.3 Å². The smallest absolute Gasteiger partial charge is 0.138 e. The molecule has 0 amide bonds. The molecule has 1 aromatic rings. The van der Waals surface area contributed by atoms with Crippen molar-refractivity contribution in [2.45, 2.75) is 45.6 Å². The number of hydrogen-bond acceptors (Lipinski definition) is 4. The second kappa shape index (κ2) is 4.86. The van der Waals surface area contributed by atoms with Crippen molar-refractivity contribution in [2.75, 3.05) is 0 Å². The molecule has 0 atom stereocenters. The number of rotatable bonds is 5. The van der Waals surface area contributed by atoms with Crippen LogP contribution in [0.1, 0.15) is 37.4 Å². The highest BCUT2D eigenvalue weighted by Gasteiger charge is 2.14. The Morgan fingerprint density at radius 2 is 2.27 bits per heavy atom. The topological polar surface area (TPSA) is 56.0 Å². The van der Waals surface area contributed by atoms with Gasteiger partial charge in [-0.15, -0.1) is 11.3 Å². The third-order valence-corrected chi connectivity index (χ3v) is 2.92. The molecule has 0 spiro atoms. The Bertz CT molecular complexity index is 339. The minimum Gasteiger partial charge on any atom is -0.326 e. The van der Waals surface area contributed by atoms with Crippen molar-refractivity contribution in [3.8, 4) is 0 Å². The Labute approximate surface area is 94.7 Å². The number of hydrogen-bond donors (Lipinski definition) is 1. The summed E-state index contributed by atoms with van der Waals surface area (Å²) in [5.41, 5.74) is 6.45. The summed E-state index contributed by atoms with van der Waals surface area (Å²) in [6.45, 7) is 5.82. The van der Waals surface area contributed by atoms with Crippen LogP contribution in [0.2, 0.25) is 0 Å². The number of Topliss-reactive ketones (excluding diaryl/α,β-unsaturated/α-hetero) is 1. The Hall–Kier alpha value is -0.740. The molecule has 15 heavy (non-hydrogen) atoms. The van der Waals surface area contributed by atoms with E-state index >= 15 is 0 Å². The van der Waals surface area contributed by atoms with Crippen LogP contribution in [0.5, 0.6) is 0 Å². The molecule has 1 heterocycles. The van der Waals surface area contributed by atoms with Crippen LogP contribution in [-0.4, -0.2) is 16.3 Å². The number of ketones is 1. The summed E-state index contributed by atoms with van der Waals surface area (Å²) in [6.07, 6.45) is 1.72. The molecule has 3 nitrogen and oxygen atoms in total. The van der Waals surface area contributed by atoms with E-state index in [1.54, 1.807) is 11.3 Å². The quantitative estimate of drug-likeness (QED) is 0.836. The first-order valence-electron chi connectivity index (χ1n) is 5.08. The van der Waals surface area contributed by atoms with Gasteiger partial charge in [-0.3, -0.25) is 4.79 Å². The maximum atomic E-state index is 11.6. The molecule has 1 rings (SSSR count). The lowest BCUT2D eigenvalue weighted by Gasteiger charge is -2.17. The molecule has 0 saturated heterocycles. The fourth-order valence-corrected chi connectivity index (χ4v) is 1.85. The summed E-state index contributed by atoms with van der Waals surface area (Å²) in [5, 5.41) is 2.96. The molecule has 84 valence electrons. The van der Waals surface area contributed by atoms with Crippen LogP contribution >= 0.6 is 11.3 Å². The zero-order valence-electron chi connectivity index (χ0n) is 9.54. The molecule has 0 bridgehead atoms. The molecular weight excluding hydrogens is 208 g/mol. The maximum absolute atomic E-state index is 11.6. The second-order valence-corrected chi connectivity index (χ2v) is 5.62. The number of carbonyl (C=O) groups excluding carboxylic acids is 1. The van der Waals surface area contributed by atoms with Gasteiger partial charge in [-0.2, -0.15) is 0 Å². The molecule has 0 radical (unpaired) electrons. The van der Waals surface area contributed by atoms with Crippen molar-refractivity contribution in [1.82, 2.24) is 4.98 Å². The van der Waals surface area contributed by atoms with Gasteiger partial charge in [0.25, 0.3) is 0 Å². The van der Waals surface area contributed by atoms with E-state index in [0.29, 0.717) is 12.8 Å². The number of nitrogens with two attached hydrogens (primary N) is 1. The van der Waals surface area contributed by atoms with Gasteiger partial charge in [-0.1, -0.05) is 0 Å². The van der Waals surface area contributed by atoms with E-state index in [4.69, 9.17) is 5.73 Å². The largest absolute Gasteiger partial charge is 0.326 e. The Morgan fingerprint density at radius 3 is 2.73 bits per heavy atom. The van der Waals surface area contributed by atoms with Gasteiger partial charge in [0, 0.05) is 23.8 Å². The Kier molecular flexibility index (Phi) is 3.99. The third kappa shape index (κ3) is 5.04. The highest BCUT2D eigenvalue weighted by Crippen LogP contribution is 2.12. The zero-order chi connectivity index (χ0) is 11.5. The summed E-state index contributed by atoms with van der Waals surface area (Å²) < 4.78 is 0. The molecular formula is C11H18N2OS. The molecule has 0 aliphatic carbocycles. The van der Waals surface area contributed by atoms with E-state index in [2.05, 4.69) is 4.98 Å². The van der Waals surface area contributed by atoms with Crippen LogP contribution in [0.3, 0.4) is 0 Å². The Morgan fingerprint density at radius 1 is 1.60 bits per heavy atom. The van der Waals surface area contributed by atoms with Crippen LogP contribution in [0, 0.1) is 6.92 Å². The second-order valence-electron chi connectivity index (χ2n) is 4.56. The van der Waals surface area contributed by atoms with Gasteiger partial charge in [0.1, 0.15) is 5.78 Å². The molecule has 2 N–H and O–H groups in total. The molecule has 0 saturated carbocycles. The molecule has 0 unspecified atom stereocenters. The summed E-state index contributed by atoms with van der Waals surface area (Å²) in [4.78, 5) is 15.8. The summed E-state index contributed by atoms with van der Waals surface area (Å²) in [7, 11) is 0. The predicted molar refractivity (Wildman–Crippen MR) is 63.1 cm³/mol. The molecule has 0 aromatic carbocycles. The number of nitrogens with zero attached hydrogens (tertiary/aromatic N) is 1. The lowest BCUT2D eigenvalue weighted by molar-refractivity contribution is -0.118. The van der Waals surface area contributed by atoms with Crippen molar-refractivity contribution < 1.29 is 4.79 Å². The first-order valence-corrected chi connectivity index (χ1v) is 5.96. The average Bonchev–Trinajstić information content (AvgIpc) is 2.47. The van der Waals surface area contributed by atoms with Crippen LogP contribution in [0.15, 0.2) is 5.38 Å². The highest BCUT2D eigenvalue weighted by atomic mass is 32.1. The van der Waals surface area contributed by atoms with Gasteiger partial charge in [0.05, 0.1) is 10.7 Å². The third-order valence-electron chi connectivity index (χ3n) is 2.09. The van der Waals surface area contributed by atoms with Crippen molar-refractivity contribution in [1.29, 1.82) is 0 Å². The predicted octanol–water partition coefficient (Wildman–Crippen LogP) is 2.08. The van der Waals surface area contributed by atoms with E-state index < -0.39 is 0 Å². The van der Waals surface area contributed by atoms with Crippen LogP contribution < -0.4 is 5.73 Å². The SMILES string of the molecule is Cc1nc(CC(=O)CCC(C)(C)N)cs1. The number of thiazole rings is 1. The normalized spacial score (nSPS) is 11.7. The maximum Gasteiger partial charge on any atom is 0.138 e. The fraction of sp³-hybridized carbons (Fsp3) is 0.636. The summed E-state index contributed by atoms with van der Waals surface area (Å²) in [6, 6.07) is 0. The molecule has 0 aliphatic rings. The number of aromatic nitrogens is 1. The summed E-state index contributed by atoms with van der Waals surface area (Å²) >= 11 is 1.58. The average molecular weight is 226 g/mol. The minimum atomic E-state index is -0.256. The van der Waals surface area contributed by atoms with Gasteiger partial charge in [0.15, 0.2) is 0 Å². The van der Waals surface area contributed by atoms with Crippen molar-refractivity contribution in [3.05, 3.63) is 16.1 Å². The molecule has 0 fully saturated rings. The fourth-order valence-electron chi connectivity index (χ4n) is 1.24. The Balaban J connectivity index is 2.37. The van der Waals surface area contributed by atoms with Crippen LogP contribution in [0.4, 0.5) is 0 Å². The van der Waals surface area contributed by atoms with E-state index in [0.717, 1.165) is 17.1 Å². The van der Waals surface area contributed by atoms with Gasteiger partial charge < -0.3 is 5.73 Å². The lowest BCUT2D eigenvalue weighted by atomic mass is 9.97. The lowest BCUT2D eigenvalue weighted by Crippen LogP contribution is -2.32. The highest BCUT2D eigenvalue weighted by molar-refractivity contribution is 7.09. The monoisotopic (exact) mass is 226 g/mol. The first-order chi connectivity index (χ1) is 6.87. The molecule has 4 heteroatoms. The van der Waals surface area contributed by atoms with Gasteiger partial charge in [-0.25, -0.2) is 4.98 Å². The van der Waals surface area contributed by atoms with Crippen LogP contribution in [-0.2, 0) is 11.2 Å². The number of carbonyl (C=O) groups is 1. The summed E-state index contributed by atoms with van der Waals surface area (Å²) in [5.74, 6) is 0.221. The van der Waals surface area contributed by atoms with Crippen molar-refractivity contribution >= 4 is 17.1 Å². The minimum absolute atomic E-state index is 0.221. The van der Waals surface area contributed by atoms with Crippen molar-refractivity contribution in [2.24, 2.45) is 5.73 Å². The molecule has 1 aromatic heterocycles. The van der Waals surface area contributed by atoms with E-state index in [1.165, 1.54) is 0 Å². The molecule has 0 aliphatic heterocycles. The van der Waals surface area contributed by atoms with E-state index in [1.807, 2.05) is 26.2 Å². The van der Waals surface area contributed by atoms with Gasteiger partial charge >= 0.3 is 0 Å². The first kappa shape index (κ1) is 12.3. The standard InChI is InChI=1S/C11H18N2OS/c1-8-13-9(7-15-8)6-10(14)4-5-11(2,3)12/h7H,4-6,12H2,1-3H3. The number of aryl methyl sites for hydroxylation is 1. The van der Waals surface area contributed by atoms with Gasteiger partial charge in [0.2, 0.25) is 0 Å². The zero-order valence-corrected chi connectivity index (χ0v) is 10.4. The van der Waals surface area contributed by atoms with E-state index in [9.17, 15) is 4.79 Å². The van der Waals surface area contributed by atoms with Crippen molar-refractivity contribution in [3.63, 3.8) is 0 Å². The van der Waals surface area contributed by atoms with Gasteiger partial charge in [-0.05, 0) is 27.2 Å². The van der Waals surface area contributed by atoms with Crippen LogP contribution in [0.25, 0.3) is 0 Å².